The smallest absolute Gasteiger partial charge is 0.191 e. The molecule has 10 nitrogen and oxygen atoms in total. The van der Waals surface area contributed by atoms with Crippen LogP contribution in [-0.2, 0) is 22.6 Å². The summed E-state index contributed by atoms with van der Waals surface area (Å²) < 4.78 is 26.9. The second-order valence-electron chi connectivity index (χ2n) is 7.65. The van der Waals surface area contributed by atoms with Gasteiger partial charge in [0, 0.05) is 37.6 Å². The summed E-state index contributed by atoms with van der Waals surface area (Å²) in [5, 5.41) is 21.4. The van der Waals surface area contributed by atoms with E-state index in [1.807, 2.05) is 11.6 Å². The Balaban J connectivity index is 1.49. The molecular weight excluding hydrogens is 472 g/mol. The fourth-order valence-corrected chi connectivity index (χ4v) is 5.01. The number of thioether (sulfide) groups is 1. The van der Waals surface area contributed by atoms with Gasteiger partial charge < -0.3 is 9.47 Å². The molecule has 0 radical (unpaired) electrons. The number of anilines is 1. The van der Waals surface area contributed by atoms with E-state index in [1.165, 1.54) is 23.7 Å². The lowest BCUT2D eigenvalue weighted by Gasteiger charge is -2.21. The third-order valence-electron chi connectivity index (χ3n) is 5.46. The molecule has 12 heteroatoms. The second kappa shape index (κ2) is 9.94. The third-order valence-corrected chi connectivity index (χ3v) is 7.61. The molecule has 0 unspecified atom stereocenters. The van der Waals surface area contributed by atoms with Gasteiger partial charge in [-0.3, -0.25) is 0 Å². The maximum absolute atomic E-state index is 11.7. The number of benzene rings is 2. The molecule has 0 saturated heterocycles. The monoisotopic (exact) mass is 498 g/mol. The van der Waals surface area contributed by atoms with Crippen molar-refractivity contribution in [3.63, 3.8) is 0 Å². The topological polar surface area (TPSA) is 112 Å². The summed E-state index contributed by atoms with van der Waals surface area (Å²) in [6, 6.07) is 14.8. The molecule has 178 valence electrons. The molecule has 2 aromatic heterocycles. The Morgan fingerprint density at radius 1 is 0.941 bits per heavy atom. The summed E-state index contributed by atoms with van der Waals surface area (Å²) in [6.07, 6.45) is 1.18. The number of hydrogen-bond acceptors (Lipinski definition) is 9. The van der Waals surface area contributed by atoms with E-state index < -0.39 is 9.84 Å². The van der Waals surface area contributed by atoms with Gasteiger partial charge in [-0.1, -0.05) is 11.8 Å². The molecule has 0 atom stereocenters. The molecule has 0 aliphatic heterocycles. The van der Waals surface area contributed by atoms with E-state index in [9.17, 15) is 8.42 Å². The molecule has 0 aliphatic carbocycles. The SMILES string of the molecule is CCN(CC)c1ccc(-c2nnc(SCc3nnnn3-c3ccc(S(C)(=O)=O)cc3)n2C)cc1. The molecule has 4 rings (SSSR count). The number of rotatable bonds is 9. The maximum Gasteiger partial charge on any atom is 0.191 e. The van der Waals surface area contributed by atoms with E-state index in [-0.39, 0.29) is 4.90 Å². The van der Waals surface area contributed by atoms with Crippen LogP contribution in [0.1, 0.15) is 19.7 Å². The number of tetrazole rings is 1. The van der Waals surface area contributed by atoms with Crippen molar-refractivity contribution in [2.45, 2.75) is 29.7 Å². The van der Waals surface area contributed by atoms with Crippen molar-refractivity contribution in [3.05, 3.63) is 54.4 Å². The lowest BCUT2D eigenvalue weighted by atomic mass is 10.2. The second-order valence-corrected chi connectivity index (χ2v) is 10.6. The van der Waals surface area contributed by atoms with E-state index in [0.29, 0.717) is 17.3 Å². The number of sulfone groups is 1. The standard InChI is InChI=1S/C22H26N8O2S2/c1-5-29(6-2)17-9-7-16(8-10-17)21-24-25-22(28(21)3)33-15-20-23-26-27-30(20)18-11-13-19(14-12-18)34(4,31)32/h7-14H,5-6,15H2,1-4H3. The Morgan fingerprint density at radius 3 is 2.24 bits per heavy atom. The van der Waals surface area contributed by atoms with Gasteiger partial charge in [-0.15, -0.1) is 15.3 Å². The quantitative estimate of drug-likeness (QED) is 0.321. The number of hydrogen-bond donors (Lipinski definition) is 0. The van der Waals surface area contributed by atoms with Crippen molar-refractivity contribution >= 4 is 27.3 Å². The molecule has 0 amide bonds. The normalized spacial score (nSPS) is 11.6. The predicted molar refractivity (Wildman–Crippen MR) is 132 cm³/mol. The molecule has 34 heavy (non-hydrogen) atoms. The summed E-state index contributed by atoms with van der Waals surface area (Å²) in [4.78, 5) is 2.54. The van der Waals surface area contributed by atoms with Crippen molar-refractivity contribution in [2.75, 3.05) is 24.2 Å². The van der Waals surface area contributed by atoms with Crippen LogP contribution in [0.2, 0.25) is 0 Å². The molecule has 4 aromatic rings. The van der Waals surface area contributed by atoms with Gasteiger partial charge in [0.05, 0.1) is 16.3 Å². The van der Waals surface area contributed by atoms with E-state index >= 15 is 0 Å². The average molecular weight is 499 g/mol. The molecule has 0 spiro atoms. The van der Waals surface area contributed by atoms with Gasteiger partial charge in [0.1, 0.15) is 0 Å². The van der Waals surface area contributed by atoms with Crippen LogP contribution in [0.25, 0.3) is 17.1 Å². The van der Waals surface area contributed by atoms with Crippen molar-refractivity contribution < 1.29 is 8.42 Å². The zero-order valence-corrected chi connectivity index (χ0v) is 21.1. The van der Waals surface area contributed by atoms with Crippen LogP contribution in [0.15, 0.2) is 58.6 Å². The zero-order valence-electron chi connectivity index (χ0n) is 19.5. The first-order valence-electron chi connectivity index (χ1n) is 10.8. The lowest BCUT2D eigenvalue weighted by molar-refractivity contribution is 0.602. The Hall–Kier alpha value is -3.25. The van der Waals surface area contributed by atoms with Crippen LogP contribution in [0.3, 0.4) is 0 Å². The highest BCUT2D eigenvalue weighted by atomic mass is 32.2. The van der Waals surface area contributed by atoms with E-state index in [1.54, 1.807) is 28.9 Å². The fraction of sp³-hybridized carbons (Fsp3) is 0.318. The molecule has 0 bridgehead atoms. The highest BCUT2D eigenvalue weighted by Crippen LogP contribution is 2.27. The van der Waals surface area contributed by atoms with Gasteiger partial charge in [0.25, 0.3) is 0 Å². The molecule has 2 heterocycles. The minimum atomic E-state index is -3.27. The average Bonchev–Trinajstić information content (AvgIpc) is 3.45. The van der Waals surface area contributed by atoms with Crippen molar-refractivity contribution in [2.24, 2.45) is 7.05 Å². The minimum absolute atomic E-state index is 0.247. The van der Waals surface area contributed by atoms with E-state index in [0.717, 1.165) is 29.6 Å². The van der Waals surface area contributed by atoms with Crippen molar-refractivity contribution in [1.29, 1.82) is 0 Å². The first-order chi connectivity index (χ1) is 16.3. The van der Waals surface area contributed by atoms with Crippen LogP contribution in [0, 0.1) is 0 Å². The maximum atomic E-state index is 11.7. The van der Waals surface area contributed by atoms with Crippen LogP contribution >= 0.6 is 11.8 Å². The molecule has 0 fully saturated rings. The van der Waals surface area contributed by atoms with Gasteiger partial charge >= 0.3 is 0 Å². The first kappa shape index (κ1) is 23.9. The molecule has 2 aromatic carbocycles. The summed E-state index contributed by atoms with van der Waals surface area (Å²) in [5.41, 5.74) is 2.86. The van der Waals surface area contributed by atoms with E-state index in [2.05, 4.69) is 68.7 Å². The largest absolute Gasteiger partial charge is 0.372 e. The summed E-state index contributed by atoms with van der Waals surface area (Å²) in [7, 11) is -1.33. The number of nitrogens with zero attached hydrogens (tertiary/aromatic N) is 8. The third kappa shape index (κ3) is 4.97. The molecule has 0 saturated carbocycles. The van der Waals surface area contributed by atoms with Crippen LogP contribution in [0.4, 0.5) is 5.69 Å². The zero-order chi connectivity index (χ0) is 24.3. The van der Waals surface area contributed by atoms with Crippen LogP contribution < -0.4 is 4.90 Å². The fourth-order valence-electron chi connectivity index (χ4n) is 3.56. The van der Waals surface area contributed by atoms with Gasteiger partial charge in [0.2, 0.25) is 0 Å². The summed E-state index contributed by atoms with van der Waals surface area (Å²) in [6.45, 7) is 6.21. The Morgan fingerprint density at radius 2 is 1.62 bits per heavy atom. The Kier molecular flexibility index (Phi) is 6.98. The number of aromatic nitrogens is 7. The highest BCUT2D eigenvalue weighted by molar-refractivity contribution is 7.98. The van der Waals surface area contributed by atoms with Gasteiger partial charge in [0.15, 0.2) is 26.6 Å². The summed E-state index contributed by atoms with van der Waals surface area (Å²) in [5.74, 6) is 1.86. The first-order valence-corrected chi connectivity index (χ1v) is 13.6. The summed E-state index contributed by atoms with van der Waals surface area (Å²) >= 11 is 1.47. The van der Waals surface area contributed by atoms with Crippen LogP contribution in [-0.4, -0.2) is 62.7 Å². The van der Waals surface area contributed by atoms with E-state index in [4.69, 9.17) is 0 Å². The van der Waals surface area contributed by atoms with Crippen LogP contribution in [0.5, 0.6) is 0 Å². The van der Waals surface area contributed by atoms with Gasteiger partial charge in [-0.05, 0) is 72.8 Å². The van der Waals surface area contributed by atoms with Gasteiger partial charge in [-0.2, -0.15) is 4.68 Å². The Bertz CT molecular complexity index is 1360. The minimum Gasteiger partial charge on any atom is -0.372 e. The lowest BCUT2D eigenvalue weighted by Crippen LogP contribution is -2.21. The molecule has 0 N–H and O–H groups in total. The Labute approximate surface area is 202 Å². The predicted octanol–water partition coefficient (Wildman–Crippen LogP) is 3.00. The highest BCUT2D eigenvalue weighted by Gasteiger charge is 2.15. The molecular formula is C22H26N8O2S2. The van der Waals surface area contributed by atoms with Crippen molar-refractivity contribution in [3.8, 4) is 17.1 Å². The van der Waals surface area contributed by atoms with Gasteiger partial charge in [-0.25, -0.2) is 8.42 Å². The molecule has 0 aliphatic rings. The van der Waals surface area contributed by atoms with Crippen molar-refractivity contribution in [1.82, 2.24) is 35.0 Å².